The van der Waals surface area contributed by atoms with Crippen LogP contribution in [-0.4, -0.2) is 38.8 Å². The molecular formula is C23H28N4O3S. The van der Waals surface area contributed by atoms with Crippen LogP contribution in [0.1, 0.15) is 18.1 Å². The van der Waals surface area contributed by atoms with Crippen molar-refractivity contribution in [1.29, 1.82) is 0 Å². The molecule has 7 nitrogen and oxygen atoms in total. The number of rotatable bonds is 5. The number of primary amides is 1. The van der Waals surface area contributed by atoms with Crippen molar-refractivity contribution < 1.29 is 13.9 Å². The van der Waals surface area contributed by atoms with Crippen molar-refractivity contribution in [1.82, 2.24) is 4.98 Å². The second kappa shape index (κ2) is 8.37. The monoisotopic (exact) mass is 440 g/mol. The van der Waals surface area contributed by atoms with E-state index in [1.54, 1.807) is 13.0 Å². The molecule has 1 aliphatic heterocycles. The highest BCUT2D eigenvalue weighted by Crippen LogP contribution is 2.51. The maximum atomic E-state index is 11.5. The molecule has 5 N–H and O–H groups in total. The zero-order valence-corrected chi connectivity index (χ0v) is 18.5. The molecule has 0 radical (unpaired) electrons. The Hall–Kier alpha value is -2.81. The van der Waals surface area contributed by atoms with E-state index < -0.39 is 10.6 Å². The van der Waals surface area contributed by atoms with E-state index in [0.717, 1.165) is 33.5 Å². The van der Waals surface area contributed by atoms with Crippen molar-refractivity contribution in [2.45, 2.75) is 25.3 Å². The number of nitrogens with two attached hydrogens (primary N) is 1. The Bertz CT molecular complexity index is 1140. The van der Waals surface area contributed by atoms with Crippen LogP contribution in [-0.2, 0) is 11.3 Å². The summed E-state index contributed by atoms with van der Waals surface area (Å²) in [5, 5.41) is 4.34. The minimum Gasteiger partial charge on any atom is -0.384 e. The Kier molecular flexibility index (Phi) is 5.79. The van der Waals surface area contributed by atoms with Crippen LogP contribution in [0.2, 0.25) is 0 Å². The zero-order chi connectivity index (χ0) is 22.2. The molecule has 164 valence electrons. The molecule has 2 heterocycles. The lowest BCUT2D eigenvalue weighted by molar-refractivity contribution is -0.120. The van der Waals surface area contributed by atoms with Crippen LogP contribution in [0.15, 0.2) is 53.4 Å². The summed E-state index contributed by atoms with van der Waals surface area (Å²) in [4.78, 5) is 19.0. The third kappa shape index (κ3) is 4.46. The molecule has 0 saturated carbocycles. The molecule has 0 spiro atoms. The van der Waals surface area contributed by atoms with E-state index in [2.05, 4.69) is 16.3 Å². The number of hydrogen-bond donors (Lipinski definition) is 4. The lowest BCUT2D eigenvalue weighted by Crippen LogP contribution is -2.27. The van der Waals surface area contributed by atoms with Crippen molar-refractivity contribution in [3.05, 3.63) is 59.7 Å². The number of carbonyl (C=O) groups is 1. The van der Waals surface area contributed by atoms with E-state index in [9.17, 15) is 13.9 Å². The van der Waals surface area contributed by atoms with Gasteiger partial charge in [0.2, 0.25) is 5.91 Å². The molecule has 1 aliphatic rings. The van der Waals surface area contributed by atoms with Crippen LogP contribution in [0, 0.1) is 12.8 Å². The Balaban J connectivity index is 1.74. The van der Waals surface area contributed by atoms with Gasteiger partial charge in [0, 0.05) is 36.8 Å². The van der Waals surface area contributed by atoms with E-state index in [4.69, 9.17) is 10.7 Å². The number of amides is 1. The highest BCUT2D eigenvalue weighted by Gasteiger charge is 2.26. The maximum Gasteiger partial charge on any atom is 0.222 e. The molecule has 1 atom stereocenters. The van der Waals surface area contributed by atoms with Gasteiger partial charge in [0.1, 0.15) is 5.82 Å². The first-order valence-electron chi connectivity index (χ1n) is 10.3. The second-order valence-electron chi connectivity index (χ2n) is 8.13. The van der Waals surface area contributed by atoms with Crippen molar-refractivity contribution >= 4 is 38.9 Å². The fraction of sp³-hybridized carbons (Fsp3) is 0.304. The van der Waals surface area contributed by atoms with Gasteiger partial charge in [0.05, 0.1) is 22.1 Å². The highest BCUT2D eigenvalue weighted by atomic mass is 32.3. The molecule has 0 fully saturated rings. The van der Waals surface area contributed by atoms with Crippen LogP contribution < -0.4 is 16.0 Å². The Morgan fingerprint density at radius 1 is 1.26 bits per heavy atom. The molecular weight excluding hydrogens is 412 g/mol. The third-order valence-corrected chi connectivity index (χ3v) is 7.55. The number of nitrogens with zero attached hydrogens (tertiary/aromatic N) is 2. The summed E-state index contributed by atoms with van der Waals surface area (Å²) in [7, 11) is -2.85. The van der Waals surface area contributed by atoms with Crippen LogP contribution >= 0.6 is 10.6 Å². The SMILES string of the molecule is Cc1ccc2nc(N3CCS(O)(O)c4ccccc4C3)cc(NCC(C)C(N)=O)c2c1. The number of nitrogens with one attached hydrogen (secondary N) is 1. The number of fused-ring (bicyclic) bond motifs is 2. The van der Waals surface area contributed by atoms with Crippen molar-refractivity contribution in [3.8, 4) is 0 Å². The number of anilines is 2. The molecule has 0 bridgehead atoms. The van der Waals surface area contributed by atoms with Crippen LogP contribution in [0.25, 0.3) is 10.9 Å². The third-order valence-electron chi connectivity index (χ3n) is 5.69. The topological polar surface area (TPSA) is 112 Å². The molecule has 3 aromatic rings. The zero-order valence-electron chi connectivity index (χ0n) is 17.7. The minimum atomic E-state index is -2.85. The summed E-state index contributed by atoms with van der Waals surface area (Å²) in [5.41, 5.74) is 9.15. The van der Waals surface area contributed by atoms with Gasteiger partial charge in [0.15, 0.2) is 0 Å². The van der Waals surface area contributed by atoms with Crippen LogP contribution in [0.5, 0.6) is 0 Å². The smallest absolute Gasteiger partial charge is 0.222 e. The van der Waals surface area contributed by atoms with Gasteiger partial charge in [-0.3, -0.25) is 13.9 Å². The number of aromatic nitrogens is 1. The van der Waals surface area contributed by atoms with Gasteiger partial charge in [-0.25, -0.2) is 4.98 Å². The van der Waals surface area contributed by atoms with E-state index in [-0.39, 0.29) is 17.6 Å². The summed E-state index contributed by atoms with van der Waals surface area (Å²) in [5.74, 6) is 0.336. The Morgan fingerprint density at radius 3 is 2.81 bits per heavy atom. The fourth-order valence-corrected chi connectivity index (χ4v) is 5.32. The number of pyridine rings is 1. The van der Waals surface area contributed by atoms with Gasteiger partial charge >= 0.3 is 0 Å². The first-order valence-corrected chi connectivity index (χ1v) is 12.0. The van der Waals surface area contributed by atoms with Crippen LogP contribution in [0.4, 0.5) is 11.5 Å². The molecule has 0 aliphatic carbocycles. The van der Waals surface area contributed by atoms with Gasteiger partial charge in [0.25, 0.3) is 0 Å². The molecule has 1 amide bonds. The molecule has 1 aromatic heterocycles. The Labute approximate surface area is 183 Å². The molecule has 31 heavy (non-hydrogen) atoms. The molecule has 4 rings (SSSR count). The van der Waals surface area contributed by atoms with Gasteiger partial charge in [-0.15, -0.1) is 0 Å². The molecule has 8 heteroatoms. The maximum absolute atomic E-state index is 11.5. The predicted molar refractivity (Wildman–Crippen MR) is 127 cm³/mol. The van der Waals surface area contributed by atoms with Crippen molar-refractivity contribution in [2.75, 3.05) is 29.1 Å². The standard InChI is InChI=1S/C23H28N4O3S/c1-15-7-8-19-18(11-15)20(25-13-16(2)23(24)28)12-22(26-19)27-9-10-31(29,30)21-6-4-3-5-17(21)14-27/h3-8,11-12,16,29-30H,9-10,13-14H2,1-2H3,(H2,24,28)(H,25,26). The number of carbonyl (C=O) groups excluding carboxylic acids is 1. The Morgan fingerprint density at radius 2 is 2.03 bits per heavy atom. The van der Waals surface area contributed by atoms with Gasteiger partial charge in [-0.2, -0.15) is 10.6 Å². The fourth-order valence-electron chi connectivity index (χ4n) is 3.78. The normalized spacial score (nSPS) is 17.5. The molecule has 0 saturated heterocycles. The summed E-state index contributed by atoms with van der Waals surface area (Å²) in [6, 6.07) is 15.5. The summed E-state index contributed by atoms with van der Waals surface area (Å²) < 4.78 is 21.3. The number of benzene rings is 2. The van der Waals surface area contributed by atoms with Crippen molar-refractivity contribution in [2.24, 2.45) is 11.7 Å². The van der Waals surface area contributed by atoms with Crippen molar-refractivity contribution in [3.63, 3.8) is 0 Å². The number of aryl methyl sites for hydroxylation is 1. The second-order valence-corrected chi connectivity index (χ2v) is 10.3. The quantitative estimate of drug-likeness (QED) is 0.473. The van der Waals surface area contributed by atoms with E-state index in [1.165, 1.54) is 0 Å². The average Bonchev–Trinajstić information content (AvgIpc) is 2.87. The first-order chi connectivity index (χ1) is 14.7. The minimum absolute atomic E-state index is 0.249. The van der Waals surface area contributed by atoms with Crippen LogP contribution in [0.3, 0.4) is 0 Å². The summed E-state index contributed by atoms with van der Waals surface area (Å²) >= 11 is 0. The lowest BCUT2D eigenvalue weighted by atomic mass is 10.1. The first kappa shape index (κ1) is 21.4. The molecule has 1 unspecified atom stereocenters. The average molecular weight is 441 g/mol. The lowest BCUT2D eigenvalue weighted by Gasteiger charge is -2.32. The number of hydrogen-bond acceptors (Lipinski definition) is 6. The van der Waals surface area contributed by atoms with E-state index in [1.807, 2.05) is 43.3 Å². The summed E-state index contributed by atoms with van der Waals surface area (Å²) in [6.45, 7) is 5.25. The van der Waals surface area contributed by atoms with Gasteiger partial charge in [-0.1, -0.05) is 36.8 Å². The summed E-state index contributed by atoms with van der Waals surface area (Å²) in [6.07, 6.45) is 0. The van der Waals surface area contributed by atoms with E-state index in [0.29, 0.717) is 24.5 Å². The predicted octanol–water partition coefficient (Wildman–Crippen LogP) is 4.21. The van der Waals surface area contributed by atoms with Gasteiger partial charge < -0.3 is 16.0 Å². The van der Waals surface area contributed by atoms with E-state index >= 15 is 0 Å². The largest absolute Gasteiger partial charge is 0.384 e. The molecule has 2 aromatic carbocycles. The highest BCUT2D eigenvalue weighted by molar-refractivity contribution is 8.24. The van der Waals surface area contributed by atoms with Gasteiger partial charge in [-0.05, 0) is 30.7 Å².